The highest BCUT2D eigenvalue weighted by atomic mass is 32.2. The van der Waals surface area contributed by atoms with Crippen molar-refractivity contribution in [1.29, 1.82) is 0 Å². The molecule has 2 heterocycles. The highest BCUT2D eigenvalue weighted by Crippen LogP contribution is 2.35. The zero-order chi connectivity index (χ0) is 19.3. The summed E-state index contributed by atoms with van der Waals surface area (Å²) < 4.78 is 16.8. The van der Waals surface area contributed by atoms with Crippen molar-refractivity contribution in [2.24, 2.45) is 0 Å². The Morgan fingerprint density at radius 2 is 2.04 bits per heavy atom. The highest BCUT2D eigenvalue weighted by molar-refractivity contribution is 7.99. The molecule has 0 aliphatic carbocycles. The van der Waals surface area contributed by atoms with Crippen LogP contribution >= 0.6 is 11.8 Å². The van der Waals surface area contributed by atoms with Crippen molar-refractivity contribution in [1.82, 2.24) is 15.2 Å². The predicted octanol–water partition coefficient (Wildman–Crippen LogP) is 3.06. The lowest BCUT2D eigenvalue weighted by Crippen LogP contribution is -2.22. The number of nitrogens with one attached hydrogen (secondary N) is 2. The highest BCUT2D eigenvalue weighted by Gasteiger charge is 2.25. The number of H-pyrrole nitrogens is 1. The summed E-state index contributed by atoms with van der Waals surface area (Å²) in [4.78, 5) is 16.6. The summed E-state index contributed by atoms with van der Waals surface area (Å²) in [6.45, 7) is 0.338. The zero-order valence-electron chi connectivity index (χ0n) is 15.0. The number of hydrogen-bond donors (Lipinski definition) is 2. The lowest BCUT2D eigenvalue weighted by Gasteiger charge is -2.24. The number of rotatable bonds is 6. The zero-order valence-corrected chi connectivity index (χ0v) is 15.9. The molecule has 0 saturated carbocycles. The van der Waals surface area contributed by atoms with Gasteiger partial charge in [0.2, 0.25) is 11.1 Å². The van der Waals surface area contributed by atoms with Gasteiger partial charge in [0.15, 0.2) is 23.4 Å². The molecule has 1 amide bonds. The van der Waals surface area contributed by atoms with Crippen LogP contribution in [0.15, 0.2) is 53.7 Å². The van der Waals surface area contributed by atoms with Crippen molar-refractivity contribution < 1.29 is 19.0 Å². The van der Waals surface area contributed by atoms with Crippen molar-refractivity contribution in [2.45, 2.75) is 11.3 Å². The van der Waals surface area contributed by atoms with Crippen molar-refractivity contribution in [3.63, 3.8) is 0 Å². The van der Waals surface area contributed by atoms with Gasteiger partial charge < -0.3 is 19.5 Å². The van der Waals surface area contributed by atoms with Crippen molar-refractivity contribution in [3.05, 3.63) is 54.4 Å². The van der Waals surface area contributed by atoms with Gasteiger partial charge in [-0.2, -0.15) is 0 Å². The predicted molar refractivity (Wildman–Crippen MR) is 104 cm³/mol. The summed E-state index contributed by atoms with van der Waals surface area (Å²) in [5.74, 6) is 2.53. The van der Waals surface area contributed by atoms with Crippen molar-refractivity contribution in [2.75, 3.05) is 24.8 Å². The smallest absolute Gasteiger partial charge is 0.234 e. The second-order valence-corrected chi connectivity index (χ2v) is 6.85. The molecule has 1 aromatic heterocycles. The number of carbonyl (C=O) groups excluding carboxylic acids is 1. The van der Waals surface area contributed by atoms with Gasteiger partial charge in [-0.15, -0.1) is 5.10 Å². The third-order valence-corrected chi connectivity index (χ3v) is 4.86. The Morgan fingerprint density at radius 3 is 2.89 bits per heavy atom. The van der Waals surface area contributed by atoms with Crippen LogP contribution in [0.5, 0.6) is 17.2 Å². The van der Waals surface area contributed by atoms with E-state index in [2.05, 4.69) is 20.5 Å². The summed E-state index contributed by atoms with van der Waals surface area (Å²) in [6, 6.07) is 14.7. The molecule has 0 unspecified atom stereocenters. The molecule has 3 aromatic rings. The number of thioether (sulfide) groups is 1. The van der Waals surface area contributed by atoms with Crippen molar-refractivity contribution in [3.8, 4) is 17.2 Å². The number of anilines is 1. The normalized spacial score (nSPS) is 15.1. The lowest BCUT2D eigenvalue weighted by atomic mass is 10.2. The van der Waals surface area contributed by atoms with Gasteiger partial charge in [0.1, 0.15) is 12.4 Å². The van der Waals surface area contributed by atoms with Crippen LogP contribution in [0.4, 0.5) is 5.69 Å². The van der Waals surface area contributed by atoms with E-state index in [0.29, 0.717) is 40.5 Å². The Morgan fingerprint density at radius 1 is 1.25 bits per heavy atom. The largest absolute Gasteiger partial charge is 0.495 e. The molecule has 0 saturated heterocycles. The van der Waals surface area contributed by atoms with Gasteiger partial charge in [0, 0.05) is 0 Å². The average Bonchev–Trinajstić information content (AvgIpc) is 3.21. The Hall–Kier alpha value is -3.20. The fraction of sp³-hybridized carbons (Fsp3) is 0.211. The van der Waals surface area contributed by atoms with Gasteiger partial charge in [0.25, 0.3) is 0 Å². The first kappa shape index (κ1) is 18.2. The van der Waals surface area contributed by atoms with E-state index >= 15 is 0 Å². The molecule has 144 valence electrons. The van der Waals surface area contributed by atoms with Crippen LogP contribution in [0.25, 0.3) is 0 Å². The summed E-state index contributed by atoms with van der Waals surface area (Å²) in [5, 5.41) is 10.3. The number of hydrogen-bond acceptors (Lipinski definition) is 7. The monoisotopic (exact) mass is 398 g/mol. The molecule has 0 spiro atoms. The standard InChI is InChI=1S/C19H18N4O4S/c1-25-13-7-3-2-6-12(13)20-17(24)11-28-19-21-18(22-23-19)16-10-26-14-8-4-5-9-15(14)27-16/h2-9,16H,10-11H2,1H3,(H,20,24)(H,21,22,23)/t16-/m0/s1. The number of carbonyl (C=O) groups is 1. The van der Waals surface area contributed by atoms with Crippen LogP contribution in [0, 0.1) is 0 Å². The van der Waals surface area contributed by atoms with Gasteiger partial charge in [-0.3, -0.25) is 9.89 Å². The molecule has 1 aliphatic heterocycles. The van der Waals surface area contributed by atoms with E-state index in [1.165, 1.54) is 11.8 Å². The van der Waals surface area contributed by atoms with Gasteiger partial charge in [0.05, 0.1) is 18.6 Å². The Kier molecular flexibility index (Phi) is 5.34. The summed E-state index contributed by atoms with van der Waals surface area (Å²) in [7, 11) is 1.56. The van der Waals surface area contributed by atoms with E-state index in [1.807, 2.05) is 36.4 Å². The van der Waals surface area contributed by atoms with Crippen LogP contribution < -0.4 is 19.5 Å². The van der Waals surface area contributed by atoms with Gasteiger partial charge in [-0.1, -0.05) is 36.0 Å². The van der Waals surface area contributed by atoms with Crippen LogP contribution in [-0.4, -0.2) is 40.6 Å². The number of aromatic amines is 1. The number of amides is 1. The molecular formula is C19H18N4O4S. The van der Waals surface area contributed by atoms with E-state index in [9.17, 15) is 4.79 Å². The molecule has 9 heteroatoms. The second kappa shape index (κ2) is 8.22. The molecular weight excluding hydrogens is 380 g/mol. The van der Waals surface area contributed by atoms with Gasteiger partial charge >= 0.3 is 0 Å². The first-order valence-electron chi connectivity index (χ1n) is 8.59. The average molecular weight is 398 g/mol. The second-order valence-electron chi connectivity index (χ2n) is 5.90. The molecule has 1 atom stereocenters. The molecule has 0 bridgehead atoms. The molecule has 0 radical (unpaired) electrons. The SMILES string of the molecule is COc1ccccc1NC(=O)CSc1n[nH]c([C@@H]2COc3ccccc3O2)n1. The molecule has 2 N–H and O–H groups in total. The molecule has 2 aromatic carbocycles. The molecule has 1 aliphatic rings. The van der Waals surface area contributed by atoms with E-state index in [0.717, 1.165) is 0 Å². The maximum Gasteiger partial charge on any atom is 0.234 e. The van der Waals surface area contributed by atoms with Gasteiger partial charge in [-0.25, -0.2) is 4.98 Å². The quantitative estimate of drug-likeness (QED) is 0.616. The Bertz CT molecular complexity index is 978. The van der Waals surface area contributed by atoms with Crippen LogP contribution in [0.2, 0.25) is 0 Å². The number of fused-ring (bicyclic) bond motifs is 1. The third kappa shape index (κ3) is 4.04. The first-order chi connectivity index (χ1) is 13.7. The maximum atomic E-state index is 12.2. The number of methoxy groups -OCH3 is 1. The van der Waals surface area contributed by atoms with Crippen LogP contribution in [0.3, 0.4) is 0 Å². The lowest BCUT2D eigenvalue weighted by molar-refractivity contribution is -0.113. The number of benzene rings is 2. The Labute approximate surface area is 165 Å². The molecule has 4 rings (SSSR count). The fourth-order valence-electron chi connectivity index (χ4n) is 2.69. The van der Waals surface area contributed by atoms with E-state index in [1.54, 1.807) is 19.2 Å². The van der Waals surface area contributed by atoms with E-state index in [4.69, 9.17) is 14.2 Å². The summed E-state index contributed by atoms with van der Waals surface area (Å²) >= 11 is 1.23. The first-order valence-corrected chi connectivity index (χ1v) is 9.58. The number of aromatic nitrogens is 3. The number of para-hydroxylation sites is 4. The summed E-state index contributed by atoms with van der Waals surface area (Å²) in [5.41, 5.74) is 0.623. The molecule has 8 nitrogen and oxygen atoms in total. The third-order valence-electron chi connectivity index (χ3n) is 4.01. The van der Waals surface area contributed by atoms with Gasteiger partial charge in [-0.05, 0) is 24.3 Å². The maximum absolute atomic E-state index is 12.2. The topological polar surface area (TPSA) is 98.4 Å². The Balaban J connectivity index is 1.33. The molecule has 28 heavy (non-hydrogen) atoms. The van der Waals surface area contributed by atoms with Crippen LogP contribution in [0.1, 0.15) is 11.9 Å². The number of nitrogens with zero attached hydrogens (tertiary/aromatic N) is 2. The minimum atomic E-state index is -0.376. The fourth-order valence-corrected chi connectivity index (χ4v) is 3.29. The summed E-state index contributed by atoms with van der Waals surface area (Å²) in [6.07, 6.45) is -0.376. The minimum Gasteiger partial charge on any atom is -0.495 e. The van der Waals surface area contributed by atoms with E-state index in [-0.39, 0.29) is 17.8 Å². The molecule has 0 fully saturated rings. The van der Waals surface area contributed by atoms with Crippen molar-refractivity contribution >= 4 is 23.4 Å². The van der Waals surface area contributed by atoms with Crippen LogP contribution in [-0.2, 0) is 4.79 Å². The van der Waals surface area contributed by atoms with E-state index < -0.39 is 0 Å². The minimum absolute atomic E-state index is 0.167. The number of ether oxygens (including phenoxy) is 3.